The monoisotopic (exact) mass is 147 g/mol. The summed E-state index contributed by atoms with van der Waals surface area (Å²) in [6.07, 6.45) is -0.178. The molecule has 0 spiro atoms. The molecule has 0 aliphatic heterocycles. The third-order valence-corrected chi connectivity index (χ3v) is 1.13. The van der Waals surface area contributed by atoms with Crippen LogP contribution < -0.4 is 0 Å². The van der Waals surface area contributed by atoms with Gasteiger partial charge in [-0.15, -0.1) is 0 Å². The van der Waals surface area contributed by atoms with E-state index in [2.05, 4.69) is 0 Å². The highest BCUT2D eigenvalue weighted by Crippen LogP contribution is 1.90. The summed E-state index contributed by atoms with van der Waals surface area (Å²) in [6.45, 7) is 2.50. The second-order valence-corrected chi connectivity index (χ2v) is 1.99. The fraction of sp³-hybridized carbons (Fsp3) is 0.833. The van der Waals surface area contributed by atoms with Crippen molar-refractivity contribution in [2.75, 3.05) is 19.7 Å². The number of hydrogen-bond acceptors (Lipinski definition) is 2. The molecular weight excluding hydrogens is 134 g/mol. The third kappa shape index (κ3) is 3.29. The van der Waals surface area contributed by atoms with Gasteiger partial charge in [0.2, 0.25) is 0 Å². The minimum Gasteiger partial charge on any atom is -0.465 e. The highest BCUT2D eigenvalue weighted by molar-refractivity contribution is 5.64. The Hall–Kier alpha value is -0.770. The summed E-state index contributed by atoms with van der Waals surface area (Å²) in [6, 6.07) is 0. The lowest BCUT2D eigenvalue weighted by molar-refractivity contribution is 0.132. The van der Waals surface area contributed by atoms with E-state index in [1.165, 1.54) is 4.90 Å². The molecule has 10 heavy (non-hydrogen) atoms. The van der Waals surface area contributed by atoms with Gasteiger partial charge in [0.1, 0.15) is 0 Å². The first-order valence-corrected chi connectivity index (χ1v) is 3.31. The number of nitrogens with zero attached hydrogens (tertiary/aromatic N) is 1. The molecule has 2 N–H and O–H groups in total. The van der Waals surface area contributed by atoms with Crippen molar-refractivity contribution in [1.82, 2.24) is 4.90 Å². The van der Waals surface area contributed by atoms with Gasteiger partial charge in [-0.2, -0.15) is 0 Å². The Kier molecular flexibility index (Phi) is 4.66. The van der Waals surface area contributed by atoms with E-state index in [1.54, 1.807) is 0 Å². The van der Waals surface area contributed by atoms with Crippen LogP contribution in [0.2, 0.25) is 0 Å². The molecule has 4 nitrogen and oxygen atoms in total. The fourth-order valence-corrected chi connectivity index (χ4v) is 0.694. The summed E-state index contributed by atoms with van der Waals surface area (Å²) in [7, 11) is 0. The molecule has 1 amide bonds. The minimum absolute atomic E-state index is 0.105. The maximum atomic E-state index is 10.3. The number of aliphatic hydroxyl groups is 1. The van der Waals surface area contributed by atoms with Crippen molar-refractivity contribution in [3.8, 4) is 0 Å². The Labute approximate surface area is 60.1 Å². The first-order valence-electron chi connectivity index (χ1n) is 3.31. The highest BCUT2D eigenvalue weighted by atomic mass is 16.4. The van der Waals surface area contributed by atoms with Crippen molar-refractivity contribution in [2.24, 2.45) is 0 Å². The van der Waals surface area contributed by atoms with Crippen LogP contribution in [0.15, 0.2) is 0 Å². The van der Waals surface area contributed by atoms with Crippen molar-refractivity contribution < 1.29 is 15.0 Å². The summed E-state index contributed by atoms with van der Waals surface area (Å²) in [5.41, 5.74) is 0. The number of rotatable bonds is 4. The molecule has 0 heterocycles. The quantitative estimate of drug-likeness (QED) is 0.604. The maximum Gasteiger partial charge on any atom is 0.407 e. The zero-order valence-electron chi connectivity index (χ0n) is 6.08. The smallest absolute Gasteiger partial charge is 0.407 e. The maximum absolute atomic E-state index is 10.3. The molecule has 0 saturated heterocycles. The predicted octanol–water partition coefficient (Wildman–Crippen LogP) is 0.369. The summed E-state index contributed by atoms with van der Waals surface area (Å²) in [5, 5.41) is 16.9. The number of amides is 1. The van der Waals surface area contributed by atoms with Gasteiger partial charge in [-0.25, -0.2) is 4.79 Å². The van der Waals surface area contributed by atoms with Gasteiger partial charge in [0.05, 0.1) is 6.61 Å². The summed E-state index contributed by atoms with van der Waals surface area (Å²) < 4.78 is 0. The van der Waals surface area contributed by atoms with E-state index >= 15 is 0 Å². The van der Waals surface area contributed by atoms with Crippen LogP contribution in [-0.2, 0) is 0 Å². The van der Waals surface area contributed by atoms with Gasteiger partial charge < -0.3 is 15.1 Å². The molecular formula is C6H13NO3. The van der Waals surface area contributed by atoms with Crippen molar-refractivity contribution in [1.29, 1.82) is 0 Å². The molecule has 0 rings (SSSR count). The molecule has 0 saturated carbocycles. The van der Waals surface area contributed by atoms with Gasteiger partial charge >= 0.3 is 6.09 Å². The number of carbonyl (C=O) groups is 1. The fourth-order valence-electron chi connectivity index (χ4n) is 0.694. The molecule has 0 radical (unpaired) electrons. The Morgan fingerprint density at radius 2 is 2.10 bits per heavy atom. The Morgan fingerprint density at radius 1 is 1.50 bits per heavy atom. The van der Waals surface area contributed by atoms with E-state index in [0.29, 0.717) is 6.54 Å². The molecule has 60 valence electrons. The molecule has 4 heteroatoms. The van der Waals surface area contributed by atoms with E-state index < -0.39 is 6.09 Å². The lowest BCUT2D eigenvalue weighted by Gasteiger charge is -2.15. The van der Waals surface area contributed by atoms with Gasteiger partial charge in [0.25, 0.3) is 0 Å². The van der Waals surface area contributed by atoms with Crippen LogP contribution in [0, 0.1) is 0 Å². The van der Waals surface area contributed by atoms with Crippen molar-refractivity contribution in [3.63, 3.8) is 0 Å². The topological polar surface area (TPSA) is 60.8 Å². The van der Waals surface area contributed by atoms with Crippen molar-refractivity contribution in [2.45, 2.75) is 13.3 Å². The van der Waals surface area contributed by atoms with Crippen LogP contribution in [0.1, 0.15) is 13.3 Å². The Bertz CT molecular complexity index is 99.2. The van der Waals surface area contributed by atoms with Gasteiger partial charge in [-0.3, -0.25) is 0 Å². The number of carboxylic acid groups (broad SMARTS) is 1. The predicted molar refractivity (Wildman–Crippen MR) is 37.0 cm³/mol. The van der Waals surface area contributed by atoms with Crippen LogP contribution >= 0.6 is 0 Å². The summed E-state index contributed by atoms with van der Waals surface area (Å²) in [4.78, 5) is 11.5. The first kappa shape index (κ1) is 9.23. The van der Waals surface area contributed by atoms with Gasteiger partial charge in [-0.1, -0.05) is 6.92 Å². The zero-order chi connectivity index (χ0) is 7.98. The summed E-state index contributed by atoms with van der Waals surface area (Å²) >= 11 is 0. The molecule has 0 aliphatic rings. The van der Waals surface area contributed by atoms with E-state index in [-0.39, 0.29) is 13.2 Å². The number of aliphatic hydroxyl groups excluding tert-OH is 1. The summed E-state index contributed by atoms with van der Waals surface area (Å²) in [5.74, 6) is 0. The molecule has 0 bridgehead atoms. The van der Waals surface area contributed by atoms with Crippen molar-refractivity contribution >= 4 is 6.09 Å². The standard InChI is InChI=1S/C6H13NO3/c1-2-3-7(4-5-8)6(9)10/h8H,2-5H2,1H3,(H,9,10). The SMILES string of the molecule is CCCN(CCO)C(=O)O. The number of hydrogen-bond donors (Lipinski definition) is 2. The van der Waals surface area contributed by atoms with Gasteiger partial charge in [-0.05, 0) is 6.42 Å². The first-order chi connectivity index (χ1) is 4.72. The van der Waals surface area contributed by atoms with Gasteiger partial charge in [0.15, 0.2) is 0 Å². The Morgan fingerprint density at radius 3 is 2.40 bits per heavy atom. The molecule has 0 aromatic rings. The van der Waals surface area contributed by atoms with E-state index in [4.69, 9.17) is 10.2 Å². The molecule has 0 aliphatic carbocycles. The van der Waals surface area contributed by atoms with Crippen LogP contribution in [0.5, 0.6) is 0 Å². The van der Waals surface area contributed by atoms with Gasteiger partial charge in [0, 0.05) is 13.1 Å². The molecule has 0 aromatic heterocycles. The van der Waals surface area contributed by atoms with E-state index in [1.807, 2.05) is 6.92 Å². The van der Waals surface area contributed by atoms with E-state index in [9.17, 15) is 4.79 Å². The van der Waals surface area contributed by atoms with Crippen molar-refractivity contribution in [3.05, 3.63) is 0 Å². The zero-order valence-corrected chi connectivity index (χ0v) is 6.08. The average molecular weight is 147 g/mol. The average Bonchev–Trinajstić information content (AvgIpc) is 1.87. The third-order valence-electron chi connectivity index (χ3n) is 1.13. The highest BCUT2D eigenvalue weighted by Gasteiger charge is 2.07. The second kappa shape index (κ2) is 5.05. The molecule has 0 fully saturated rings. The van der Waals surface area contributed by atoms with Crippen LogP contribution in [0.3, 0.4) is 0 Å². The normalized spacial score (nSPS) is 9.40. The van der Waals surface area contributed by atoms with Crippen LogP contribution in [-0.4, -0.2) is 40.9 Å². The Balaban J connectivity index is 3.61. The second-order valence-electron chi connectivity index (χ2n) is 1.99. The van der Waals surface area contributed by atoms with Crippen LogP contribution in [0.25, 0.3) is 0 Å². The van der Waals surface area contributed by atoms with E-state index in [0.717, 1.165) is 6.42 Å². The molecule has 0 atom stereocenters. The molecule has 0 aromatic carbocycles. The molecule has 0 unspecified atom stereocenters. The van der Waals surface area contributed by atoms with Crippen LogP contribution in [0.4, 0.5) is 4.79 Å². The lowest BCUT2D eigenvalue weighted by atomic mass is 10.4. The lowest BCUT2D eigenvalue weighted by Crippen LogP contribution is -2.32. The minimum atomic E-state index is -0.962. The largest absolute Gasteiger partial charge is 0.465 e.